The van der Waals surface area contributed by atoms with E-state index in [1.165, 1.54) is 11.1 Å². The summed E-state index contributed by atoms with van der Waals surface area (Å²) in [5, 5.41) is 3.36. The molecule has 1 aliphatic heterocycles. The van der Waals surface area contributed by atoms with E-state index >= 15 is 0 Å². The second kappa shape index (κ2) is 14.1. The molecule has 0 spiro atoms. The second-order valence-corrected chi connectivity index (χ2v) is 11.1. The fraction of sp³-hybridized carbons (Fsp3) is 0.548. The highest BCUT2D eigenvalue weighted by Gasteiger charge is 2.28. The van der Waals surface area contributed by atoms with Gasteiger partial charge >= 0.3 is 6.09 Å². The van der Waals surface area contributed by atoms with Crippen molar-refractivity contribution in [3.05, 3.63) is 71.8 Å². The summed E-state index contributed by atoms with van der Waals surface area (Å²) in [6, 6.07) is 21.3. The monoisotopic (exact) mass is 492 g/mol. The number of likely N-dealkylation sites (tertiary alicyclic amines) is 1. The Morgan fingerprint density at radius 1 is 0.889 bits per heavy atom. The van der Waals surface area contributed by atoms with Crippen molar-refractivity contribution in [2.24, 2.45) is 5.92 Å². The van der Waals surface area contributed by atoms with E-state index < -0.39 is 5.60 Å². The summed E-state index contributed by atoms with van der Waals surface area (Å²) in [6.07, 6.45) is 8.17. The summed E-state index contributed by atoms with van der Waals surface area (Å²) in [6.45, 7) is 6.98. The standard InChI is InChI=1S/C31H44N2O3/c1-31(2,3)36-30(35)33-22-20-27(21-23-33)24-29(34)32-28(18-10-16-25-12-6-4-7-13-25)19-11-17-26-14-8-5-9-15-26/h4-9,12-15,27-28H,10-11,16-24H2,1-3H3,(H,32,34). The number of hydrogen-bond acceptors (Lipinski definition) is 3. The number of nitrogens with one attached hydrogen (secondary N) is 1. The normalized spacial score (nSPS) is 14.6. The van der Waals surface area contributed by atoms with Crippen molar-refractivity contribution >= 4 is 12.0 Å². The summed E-state index contributed by atoms with van der Waals surface area (Å²) < 4.78 is 5.49. The van der Waals surface area contributed by atoms with Crippen molar-refractivity contribution in [3.8, 4) is 0 Å². The SMILES string of the molecule is CC(C)(C)OC(=O)N1CCC(CC(=O)NC(CCCc2ccccc2)CCCc2ccccc2)CC1. The molecule has 0 radical (unpaired) electrons. The van der Waals surface area contributed by atoms with Gasteiger partial charge in [0.15, 0.2) is 0 Å². The van der Waals surface area contributed by atoms with Crippen LogP contribution in [-0.2, 0) is 22.4 Å². The highest BCUT2D eigenvalue weighted by molar-refractivity contribution is 5.76. The smallest absolute Gasteiger partial charge is 0.410 e. The average Bonchev–Trinajstić information content (AvgIpc) is 2.84. The molecule has 2 aromatic rings. The third kappa shape index (κ3) is 10.4. The van der Waals surface area contributed by atoms with Crippen molar-refractivity contribution in [3.63, 3.8) is 0 Å². The zero-order valence-corrected chi connectivity index (χ0v) is 22.4. The Labute approximate surface area is 217 Å². The molecular formula is C31H44N2O3. The van der Waals surface area contributed by atoms with Gasteiger partial charge in [0.1, 0.15) is 5.60 Å². The molecule has 1 fully saturated rings. The third-order valence-corrected chi connectivity index (χ3v) is 6.83. The van der Waals surface area contributed by atoms with Crippen LogP contribution in [0, 0.1) is 5.92 Å². The van der Waals surface area contributed by atoms with Crippen molar-refractivity contribution < 1.29 is 14.3 Å². The lowest BCUT2D eigenvalue weighted by atomic mass is 9.93. The summed E-state index contributed by atoms with van der Waals surface area (Å²) >= 11 is 0. The van der Waals surface area contributed by atoms with E-state index in [-0.39, 0.29) is 18.0 Å². The molecule has 0 aromatic heterocycles. The van der Waals surface area contributed by atoms with Gasteiger partial charge in [-0.05, 0) is 89.2 Å². The first-order valence-electron chi connectivity index (χ1n) is 13.6. The van der Waals surface area contributed by atoms with Gasteiger partial charge in [-0.2, -0.15) is 0 Å². The molecule has 0 bridgehead atoms. The van der Waals surface area contributed by atoms with Crippen LogP contribution in [0.3, 0.4) is 0 Å². The van der Waals surface area contributed by atoms with Gasteiger partial charge < -0.3 is 15.0 Å². The van der Waals surface area contributed by atoms with Gasteiger partial charge in [-0.1, -0.05) is 60.7 Å². The number of ether oxygens (including phenoxy) is 1. The van der Waals surface area contributed by atoms with Crippen LogP contribution in [0.1, 0.15) is 76.8 Å². The van der Waals surface area contributed by atoms with Gasteiger partial charge in [-0.3, -0.25) is 4.79 Å². The molecule has 36 heavy (non-hydrogen) atoms. The van der Waals surface area contributed by atoms with E-state index in [1.54, 1.807) is 4.90 Å². The van der Waals surface area contributed by atoms with Crippen molar-refractivity contribution in [2.45, 2.75) is 90.2 Å². The molecule has 1 saturated heterocycles. The first-order valence-corrected chi connectivity index (χ1v) is 13.6. The minimum Gasteiger partial charge on any atom is -0.444 e. The van der Waals surface area contributed by atoms with Crippen molar-refractivity contribution in [1.82, 2.24) is 10.2 Å². The molecule has 0 atom stereocenters. The topological polar surface area (TPSA) is 58.6 Å². The molecular weight excluding hydrogens is 448 g/mol. The fourth-order valence-corrected chi connectivity index (χ4v) is 4.88. The van der Waals surface area contributed by atoms with E-state index in [2.05, 4.69) is 53.8 Å². The number of benzene rings is 2. The molecule has 3 rings (SSSR count). The van der Waals surface area contributed by atoms with E-state index in [4.69, 9.17) is 4.74 Å². The fourth-order valence-electron chi connectivity index (χ4n) is 4.88. The Hall–Kier alpha value is -2.82. The minimum absolute atomic E-state index is 0.148. The van der Waals surface area contributed by atoms with Gasteiger partial charge in [0.25, 0.3) is 0 Å². The summed E-state index contributed by atoms with van der Waals surface area (Å²) in [5.74, 6) is 0.466. The zero-order valence-electron chi connectivity index (χ0n) is 22.4. The molecule has 2 amide bonds. The molecule has 0 saturated carbocycles. The predicted molar refractivity (Wildman–Crippen MR) is 146 cm³/mol. The third-order valence-electron chi connectivity index (χ3n) is 6.83. The van der Waals surface area contributed by atoms with Crippen LogP contribution in [-0.4, -0.2) is 41.6 Å². The van der Waals surface area contributed by atoms with Crippen molar-refractivity contribution in [1.29, 1.82) is 0 Å². The largest absolute Gasteiger partial charge is 0.444 e. The molecule has 5 nitrogen and oxygen atoms in total. The van der Waals surface area contributed by atoms with E-state index in [1.807, 2.05) is 32.9 Å². The number of carbonyl (C=O) groups is 2. The Bertz CT molecular complexity index is 870. The summed E-state index contributed by atoms with van der Waals surface area (Å²) in [7, 11) is 0. The Kier molecular flexibility index (Phi) is 10.8. The Morgan fingerprint density at radius 2 is 1.39 bits per heavy atom. The number of carbonyl (C=O) groups excluding carboxylic acids is 2. The lowest BCUT2D eigenvalue weighted by molar-refractivity contribution is -0.123. The molecule has 196 valence electrons. The van der Waals surface area contributed by atoms with Crippen LogP contribution in [0.25, 0.3) is 0 Å². The van der Waals surface area contributed by atoms with Gasteiger partial charge in [0.2, 0.25) is 5.91 Å². The van der Waals surface area contributed by atoms with Crippen LogP contribution < -0.4 is 5.32 Å². The number of amides is 2. The highest BCUT2D eigenvalue weighted by Crippen LogP contribution is 2.23. The predicted octanol–water partition coefficient (Wildman–Crippen LogP) is 6.55. The van der Waals surface area contributed by atoms with Gasteiger partial charge in [0.05, 0.1) is 0 Å². The van der Waals surface area contributed by atoms with Crippen LogP contribution in [0.2, 0.25) is 0 Å². The van der Waals surface area contributed by atoms with Crippen LogP contribution >= 0.6 is 0 Å². The Balaban J connectivity index is 1.45. The maximum Gasteiger partial charge on any atom is 0.410 e. The van der Waals surface area contributed by atoms with Crippen LogP contribution in [0.15, 0.2) is 60.7 Å². The number of rotatable bonds is 11. The molecule has 1 N–H and O–H groups in total. The average molecular weight is 493 g/mol. The summed E-state index contributed by atoms with van der Waals surface area (Å²) in [4.78, 5) is 27.1. The zero-order chi connectivity index (χ0) is 25.8. The molecule has 2 aromatic carbocycles. The first kappa shape index (κ1) is 27.8. The van der Waals surface area contributed by atoms with Gasteiger partial charge in [-0.15, -0.1) is 0 Å². The Morgan fingerprint density at radius 3 is 1.86 bits per heavy atom. The maximum atomic E-state index is 13.0. The molecule has 0 aliphatic carbocycles. The lowest BCUT2D eigenvalue weighted by Crippen LogP contribution is -2.43. The van der Waals surface area contributed by atoms with E-state index in [9.17, 15) is 9.59 Å². The van der Waals surface area contributed by atoms with E-state index in [0.717, 1.165) is 51.4 Å². The highest BCUT2D eigenvalue weighted by atomic mass is 16.6. The quantitative estimate of drug-likeness (QED) is 0.387. The molecule has 5 heteroatoms. The first-order chi connectivity index (χ1) is 17.3. The number of hydrogen-bond donors (Lipinski definition) is 1. The van der Waals surface area contributed by atoms with E-state index in [0.29, 0.717) is 25.4 Å². The van der Waals surface area contributed by atoms with Gasteiger partial charge in [0, 0.05) is 25.6 Å². The van der Waals surface area contributed by atoms with Crippen molar-refractivity contribution in [2.75, 3.05) is 13.1 Å². The number of piperidine rings is 1. The summed E-state index contributed by atoms with van der Waals surface area (Å²) in [5.41, 5.74) is 2.22. The minimum atomic E-state index is -0.482. The lowest BCUT2D eigenvalue weighted by Gasteiger charge is -2.33. The molecule has 0 unspecified atom stereocenters. The second-order valence-electron chi connectivity index (χ2n) is 11.1. The number of nitrogens with zero attached hydrogens (tertiary/aromatic N) is 1. The molecule has 1 aliphatic rings. The number of aryl methyl sites for hydroxylation is 2. The van der Waals surface area contributed by atoms with Crippen LogP contribution in [0.5, 0.6) is 0 Å². The van der Waals surface area contributed by atoms with Crippen LogP contribution in [0.4, 0.5) is 4.79 Å². The maximum absolute atomic E-state index is 13.0. The van der Waals surface area contributed by atoms with Gasteiger partial charge in [-0.25, -0.2) is 4.79 Å². The molecule has 1 heterocycles.